The average Bonchev–Trinajstić information content (AvgIpc) is 2.41. The van der Waals surface area contributed by atoms with Crippen molar-refractivity contribution in [3.05, 3.63) is 29.3 Å². The first-order valence-electron chi connectivity index (χ1n) is 7.39. The quantitative estimate of drug-likeness (QED) is 0.587. The maximum absolute atomic E-state index is 12.3. The van der Waals surface area contributed by atoms with Crippen LogP contribution in [0.5, 0.6) is 0 Å². The topological polar surface area (TPSA) is 67.2 Å². The lowest BCUT2D eigenvalue weighted by atomic mass is 9.80. The van der Waals surface area contributed by atoms with Gasteiger partial charge in [-0.25, -0.2) is 0 Å². The Kier molecular flexibility index (Phi) is 4.65. The van der Waals surface area contributed by atoms with Crippen LogP contribution in [0.1, 0.15) is 49.0 Å². The Morgan fingerprint density at radius 3 is 2.65 bits per heavy atom. The third-order valence-electron chi connectivity index (χ3n) is 4.39. The summed E-state index contributed by atoms with van der Waals surface area (Å²) in [6.07, 6.45) is 3.47. The third-order valence-corrected chi connectivity index (χ3v) is 4.39. The molecule has 1 aromatic carbocycles. The normalized spacial score (nSPS) is 26.1. The highest BCUT2D eigenvalue weighted by molar-refractivity contribution is 5.95. The predicted molar refractivity (Wildman–Crippen MR) is 82.4 cm³/mol. The molecule has 0 aliphatic heterocycles. The third kappa shape index (κ3) is 3.31. The Labute approximate surface area is 121 Å². The summed E-state index contributed by atoms with van der Waals surface area (Å²) in [7, 11) is 0. The van der Waals surface area contributed by atoms with Gasteiger partial charge < -0.3 is 10.7 Å². The molecule has 0 bridgehead atoms. The minimum Gasteiger partial charge on any atom is -0.349 e. The number of amides is 1. The summed E-state index contributed by atoms with van der Waals surface area (Å²) in [5, 5.41) is 3.18. The number of aryl methyl sites for hydroxylation is 1. The molecule has 4 nitrogen and oxygen atoms in total. The van der Waals surface area contributed by atoms with Crippen LogP contribution < -0.4 is 16.6 Å². The van der Waals surface area contributed by atoms with Gasteiger partial charge in [0.2, 0.25) is 0 Å². The van der Waals surface area contributed by atoms with Crippen LogP contribution in [0.3, 0.4) is 0 Å². The number of hydrogen-bond acceptors (Lipinski definition) is 3. The van der Waals surface area contributed by atoms with Crippen LogP contribution in [0, 0.1) is 18.8 Å². The number of nitrogens with two attached hydrogens (primary N) is 1. The van der Waals surface area contributed by atoms with E-state index in [1.807, 2.05) is 25.1 Å². The fraction of sp³-hybridized carbons (Fsp3) is 0.562. The minimum atomic E-state index is 0.0167. The first-order valence-corrected chi connectivity index (χ1v) is 7.39. The van der Waals surface area contributed by atoms with Crippen molar-refractivity contribution in [1.29, 1.82) is 0 Å². The van der Waals surface area contributed by atoms with Crippen molar-refractivity contribution >= 4 is 11.6 Å². The smallest absolute Gasteiger partial charge is 0.251 e. The summed E-state index contributed by atoms with van der Waals surface area (Å²) in [4.78, 5) is 12.3. The summed E-state index contributed by atoms with van der Waals surface area (Å²) >= 11 is 0. The SMILES string of the molecule is Cc1cc(C(=O)NC2CCC(C)CC2C)ccc1NN. The van der Waals surface area contributed by atoms with Gasteiger partial charge in [-0.15, -0.1) is 0 Å². The fourth-order valence-electron chi connectivity index (χ4n) is 3.10. The van der Waals surface area contributed by atoms with Gasteiger partial charge >= 0.3 is 0 Å². The van der Waals surface area contributed by atoms with E-state index >= 15 is 0 Å². The van der Waals surface area contributed by atoms with Crippen molar-refractivity contribution in [2.45, 2.75) is 46.1 Å². The highest BCUT2D eigenvalue weighted by Gasteiger charge is 2.26. The Morgan fingerprint density at radius 1 is 1.30 bits per heavy atom. The largest absolute Gasteiger partial charge is 0.349 e. The van der Waals surface area contributed by atoms with Crippen LogP contribution in [0.25, 0.3) is 0 Å². The van der Waals surface area contributed by atoms with Crippen LogP contribution in [0.2, 0.25) is 0 Å². The van der Waals surface area contributed by atoms with Gasteiger partial charge in [0.15, 0.2) is 0 Å². The molecule has 0 radical (unpaired) electrons. The Morgan fingerprint density at radius 2 is 2.05 bits per heavy atom. The molecule has 2 rings (SSSR count). The number of hydrazine groups is 1. The summed E-state index contributed by atoms with van der Waals surface area (Å²) in [6, 6.07) is 5.83. The van der Waals surface area contributed by atoms with E-state index in [1.54, 1.807) is 0 Å². The standard InChI is InChI=1S/C16H25N3O/c1-10-4-6-14(11(2)8-10)18-16(20)13-5-7-15(19-17)12(3)9-13/h5,7,9-11,14,19H,4,6,8,17H2,1-3H3,(H,18,20). The molecular weight excluding hydrogens is 250 g/mol. The molecule has 1 aromatic rings. The van der Waals surface area contributed by atoms with E-state index in [4.69, 9.17) is 5.84 Å². The molecule has 0 spiro atoms. The molecule has 1 saturated carbocycles. The maximum atomic E-state index is 12.3. The number of benzene rings is 1. The van der Waals surface area contributed by atoms with Crippen molar-refractivity contribution in [2.75, 3.05) is 5.43 Å². The molecule has 3 atom stereocenters. The van der Waals surface area contributed by atoms with Crippen LogP contribution >= 0.6 is 0 Å². The lowest BCUT2D eigenvalue weighted by molar-refractivity contribution is 0.0899. The summed E-state index contributed by atoms with van der Waals surface area (Å²) in [6.45, 7) is 6.46. The van der Waals surface area contributed by atoms with Gasteiger partial charge in [0, 0.05) is 11.6 Å². The maximum Gasteiger partial charge on any atom is 0.251 e. The Balaban J connectivity index is 2.03. The number of rotatable bonds is 3. The molecule has 3 unspecified atom stereocenters. The molecule has 1 aliphatic carbocycles. The Bertz CT molecular complexity index is 487. The van der Waals surface area contributed by atoms with Gasteiger partial charge in [0.25, 0.3) is 5.91 Å². The zero-order valence-electron chi connectivity index (χ0n) is 12.6. The summed E-state index contributed by atoms with van der Waals surface area (Å²) in [5.74, 6) is 6.75. The molecule has 110 valence electrons. The lowest BCUT2D eigenvalue weighted by Gasteiger charge is -2.33. The molecule has 0 saturated heterocycles. The molecule has 4 heteroatoms. The number of carbonyl (C=O) groups excluding carboxylic acids is 1. The van der Waals surface area contributed by atoms with Gasteiger partial charge in [0.1, 0.15) is 0 Å². The van der Waals surface area contributed by atoms with Gasteiger partial charge in [0.05, 0.1) is 5.69 Å². The van der Waals surface area contributed by atoms with E-state index in [9.17, 15) is 4.79 Å². The second-order valence-corrected chi connectivity index (χ2v) is 6.15. The predicted octanol–water partition coefficient (Wildman–Crippen LogP) is 2.84. The molecule has 4 N–H and O–H groups in total. The molecule has 1 amide bonds. The fourth-order valence-corrected chi connectivity index (χ4v) is 3.10. The zero-order chi connectivity index (χ0) is 14.7. The second kappa shape index (κ2) is 6.27. The van der Waals surface area contributed by atoms with Gasteiger partial charge in [-0.3, -0.25) is 10.6 Å². The van der Waals surface area contributed by atoms with Crippen LogP contribution in [-0.4, -0.2) is 11.9 Å². The molecule has 20 heavy (non-hydrogen) atoms. The average molecular weight is 275 g/mol. The zero-order valence-corrected chi connectivity index (χ0v) is 12.6. The van der Waals surface area contributed by atoms with E-state index in [-0.39, 0.29) is 5.91 Å². The molecular formula is C16H25N3O. The van der Waals surface area contributed by atoms with Crippen molar-refractivity contribution < 1.29 is 4.79 Å². The number of anilines is 1. The highest BCUT2D eigenvalue weighted by atomic mass is 16.1. The van der Waals surface area contributed by atoms with Crippen molar-refractivity contribution in [3.63, 3.8) is 0 Å². The number of nitrogen functional groups attached to an aromatic ring is 1. The van der Waals surface area contributed by atoms with E-state index in [1.165, 1.54) is 12.8 Å². The first kappa shape index (κ1) is 14.9. The van der Waals surface area contributed by atoms with Crippen LogP contribution in [0.15, 0.2) is 18.2 Å². The van der Waals surface area contributed by atoms with Crippen LogP contribution in [-0.2, 0) is 0 Å². The Hall–Kier alpha value is -1.55. The number of carbonyl (C=O) groups is 1. The van der Waals surface area contributed by atoms with Crippen molar-refractivity contribution in [1.82, 2.24) is 5.32 Å². The first-order chi connectivity index (χ1) is 9.51. The number of nitrogens with one attached hydrogen (secondary N) is 2. The van der Waals surface area contributed by atoms with E-state index < -0.39 is 0 Å². The minimum absolute atomic E-state index is 0.0167. The van der Waals surface area contributed by atoms with Crippen molar-refractivity contribution in [3.8, 4) is 0 Å². The van der Waals surface area contributed by atoms with Crippen molar-refractivity contribution in [2.24, 2.45) is 17.7 Å². The lowest BCUT2D eigenvalue weighted by Crippen LogP contribution is -2.42. The van der Waals surface area contributed by atoms with Gasteiger partial charge in [-0.05, 0) is 61.8 Å². The summed E-state index contributed by atoms with van der Waals surface area (Å²) < 4.78 is 0. The van der Waals surface area contributed by atoms with E-state index in [0.29, 0.717) is 17.5 Å². The van der Waals surface area contributed by atoms with Gasteiger partial charge in [-0.1, -0.05) is 13.8 Å². The number of hydrogen-bond donors (Lipinski definition) is 3. The molecule has 0 heterocycles. The van der Waals surface area contributed by atoms with E-state index in [0.717, 1.165) is 23.6 Å². The van der Waals surface area contributed by atoms with Crippen LogP contribution in [0.4, 0.5) is 5.69 Å². The molecule has 1 aliphatic rings. The van der Waals surface area contributed by atoms with Gasteiger partial charge in [-0.2, -0.15) is 0 Å². The highest BCUT2D eigenvalue weighted by Crippen LogP contribution is 2.28. The van der Waals surface area contributed by atoms with E-state index in [2.05, 4.69) is 24.6 Å². The second-order valence-electron chi connectivity index (χ2n) is 6.15. The molecule has 1 fully saturated rings. The monoisotopic (exact) mass is 275 g/mol. The summed E-state index contributed by atoms with van der Waals surface area (Å²) in [5.41, 5.74) is 5.15. The molecule has 0 aromatic heterocycles.